The highest BCUT2D eigenvalue weighted by atomic mass is 35.5. The molecule has 2 aromatic heterocycles. The number of hydrogen-bond acceptors (Lipinski definition) is 5. The first kappa shape index (κ1) is 18.8. The summed E-state index contributed by atoms with van der Waals surface area (Å²) in [5.41, 5.74) is 2.84. The second-order valence-electron chi connectivity index (χ2n) is 7.44. The molecular weight excluding hydrogens is 398 g/mol. The molecule has 0 atom stereocenters. The first-order chi connectivity index (χ1) is 14.6. The summed E-state index contributed by atoms with van der Waals surface area (Å²) >= 11 is 6.77. The van der Waals surface area contributed by atoms with Crippen LogP contribution in [-0.4, -0.2) is 51.9 Å². The molecule has 0 saturated carbocycles. The van der Waals surface area contributed by atoms with Gasteiger partial charge in [0.1, 0.15) is 12.1 Å². The highest BCUT2D eigenvalue weighted by Gasteiger charge is 2.22. The molecule has 6 nitrogen and oxygen atoms in total. The Hall–Kier alpha value is -3.25. The number of amides is 1. The molecule has 0 N–H and O–H groups in total. The van der Waals surface area contributed by atoms with Crippen LogP contribution >= 0.6 is 11.6 Å². The van der Waals surface area contributed by atoms with Gasteiger partial charge in [-0.1, -0.05) is 29.8 Å². The van der Waals surface area contributed by atoms with Crippen LogP contribution in [0, 0.1) is 0 Å². The molecule has 0 aliphatic carbocycles. The Morgan fingerprint density at radius 1 is 1.00 bits per heavy atom. The van der Waals surface area contributed by atoms with E-state index in [-0.39, 0.29) is 5.91 Å². The zero-order chi connectivity index (χ0) is 20.7. The van der Waals surface area contributed by atoms with Gasteiger partial charge in [0, 0.05) is 66.9 Å². The number of nitrogens with zero attached hydrogens (tertiary/aromatic N) is 5. The predicted molar refractivity (Wildman–Crippen MR) is 120 cm³/mol. The lowest BCUT2D eigenvalue weighted by Gasteiger charge is -2.35. The van der Waals surface area contributed by atoms with Gasteiger partial charge in [-0.15, -0.1) is 0 Å². The Labute approximate surface area is 179 Å². The number of carbonyl (C=O) groups is 1. The Balaban J connectivity index is 1.58. The van der Waals surface area contributed by atoms with E-state index in [0.717, 1.165) is 51.7 Å². The van der Waals surface area contributed by atoms with Gasteiger partial charge in [0.05, 0.1) is 5.52 Å². The highest BCUT2D eigenvalue weighted by molar-refractivity contribution is 6.34. The van der Waals surface area contributed by atoms with Crippen molar-refractivity contribution in [1.82, 2.24) is 19.9 Å². The van der Waals surface area contributed by atoms with E-state index in [4.69, 9.17) is 11.6 Å². The molecule has 0 unspecified atom stereocenters. The fourth-order valence-electron chi connectivity index (χ4n) is 4.11. The second-order valence-corrected chi connectivity index (χ2v) is 7.85. The van der Waals surface area contributed by atoms with E-state index in [1.54, 1.807) is 19.4 Å². The minimum atomic E-state index is 0.111. The third-order valence-corrected chi connectivity index (χ3v) is 6.01. The number of aromatic nitrogens is 3. The van der Waals surface area contributed by atoms with Crippen molar-refractivity contribution in [3.63, 3.8) is 0 Å². The number of anilines is 1. The summed E-state index contributed by atoms with van der Waals surface area (Å²) < 4.78 is 0. The van der Waals surface area contributed by atoms with Gasteiger partial charge in [0.25, 0.3) is 0 Å². The average molecular weight is 418 g/mol. The quantitative estimate of drug-likeness (QED) is 0.490. The Kier molecular flexibility index (Phi) is 4.71. The van der Waals surface area contributed by atoms with Crippen molar-refractivity contribution < 1.29 is 4.79 Å². The summed E-state index contributed by atoms with van der Waals surface area (Å²) in [7, 11) is 0. The van der Waals surface area contributed by atoms with Crippen LogP contribution in [-0.2, 0) is 4.79 Å². The van der Waals surface area contributed by atoms with E-state index in [9.17, 15) is 4.79 Å². The summed E-state index contributed by atoms with van der Waals surface area (Å²) in [5, 5.41) is 3.75. The Bertz CT molecular complexity index is 1260. The van der Waals surface area contributed by atoms with Gasteiger partial charge in [0.15, 0.2) is 0 Å². The van der Waals surface area contributed by atoms with Crippen LogP contribution in [0.3, 0.4) is 0 Å². The number of carbonyl (C=O) groups excluding carboxylic acids is 1. The van der Waals surface area contributed by atoms with Gasteiger partial charge < -0.3 is 9.80 Å². The summed E-state index contributed by atoms with van der Waals surface area (Å²) in [6.07, 6.45) is 5.25. The maximum atomic E-state index is 11.6. The van der Waals surface area contributed by atoms with Gasteiger partial charge in [-0.25, -0.2) is 9.97 Å². The molecule has 150 valence electrons. The maximum absolute atomic E-state index is 11.6. The zero-order valence-electron chi connectivity index (χ0n) is 16.5. The van der Waals surface area contributed by atoms with Crippen molar-refractivity contribution in [3.05, 3.63) is 60.1 Å². The third kappa shape index (κ3) is 3.23. The average Bonchev–Trinajstić information content (AvgIpc) is 2.78. The number of halogens is 1. The topological polar surface area (TPSA) is 62.2 Å². The SMILES string of the molecule is CC(=O)N1CCN(c2ncnc3cc(-c4cccc5cnccc45)c(Cl)cc23)CC1. The number of piperazine rings is 1. The maximum Gasteiger partial charge on any atom is 0.219 e. The van der Waals surface area contributed by atoms with Crippen LogP contribution in [0.15, 0.2) is 55.1 Å². The fraction of sp³-hybridized carbons (Fsp3) is 0.217. The van der Waals surface area contributed by atoms with Crippen molar-refractivity contribution in [2.45, 2.75) is 6.92 Å². The molecule has 1 aliphatic heterocycles. The third-order valence-electron chi connectivity index (χ3n) is 5.70. The molecule has 1 aliphatic rings. The van der Waals surface area contributed by atoms with Crippen LogP contribution in [0.1, 0.15) is 6.92 Å². The van der Waals surface area contributed by atoms with Gasteiger partial charge >= 0.3 is 0 Å². The van der Waals surface area contributed by atoms with Crippen molar-refractivity contribution >= 4 is 45.0 Å². The number of hydrogen-bond donors (Lipinski definition) is 0. The predicted octanol–water partition coefficient (Wildman–Crippen LogP) is 4.17. The molecule has 1 saturated heterocycles. The molecule has 2 aromatic carbocycles. The van der Waals surface area contributed by atoms with E-state index in [1.165, 1.54) is 0 Å². The first-order valence-corrected chi connectivity index (χ1v) is 10.3. The summed E-state index contributed by atoms with van der Waals surface area (Å²) in [6.45, 7) is 4.47. The van der Waals surface area contributed by atoms with Gasteiger partial charge in [-0.05, 0) is 29.1 Å². The van der Waals surface area contributed by atoms with Crippen molar-refractivity contribution in [3.8, 4) is 11.1 Å². The monoisotopic (exact) mass is 417 g/mol. The minimum absolute atomic E-state index is 0.111. The van der Waals surface area contributed by atoms with Crippen LogP contribution < -0.4 is 4.90 Å². The molecule has 5 rings (SSSR count). The molecule has 0 spiro atoms. The van der Waals surface area contributed by atoms with Gasteiger partial charge in [-0.3, -0.25) is 9.78 Å². The molecule has 3 heterocycles. The van der Waals surface area contributed by atoms with E-state index in [0.29, 0.717) is 18.1 Å². The normalized spacial score (nSPS) is 14.5. The number of rotatable bonds is 2. The highest BCUT2D eigenvalue weighted by Crippen LogP contribution is 2.37. The Morgan fingerprint density at radius 3 is 2.63 bits per heavy atom. The van der Waals surface area contributed by atoms with E-state index in [1.807, 2.05) is 41.4 Å². The van der Waals surface area contributed by atoms with Crippen molar-refractivity contribution in [2.24, 2.45) is 0 Å². The molecule has 0 bridgehead atoms. The standard InChI is InChI=1S/C23H20ClN5O/c1-15(30)28-7-9-29(10-8-28)23-20-11-21(24)19(12-22(20)26-14-27-23)18-4-2-3-16-13-25-6-5-17(16)18/h2-6,11-14H,7-10H2,1H3. The molecule has 1 fully saturated rings. The minimum Gasteiger partial charge on any atom is -0.352 e. The molecule has 1 amide bonds. The van der Waals surface area contributed by atoms with E-state index in [2.05, 4.69) is 25.9 Å². The van der Waals surface area contributed by atoms with Gasteiger partial charge in [-0.2, -0.15) is 0 Å². The summed E-state index contributed by atoms with van der Waals surface area (Å²) in [6, 6.07) is 12.1. The smallest absolute Gasteiger partial charge is 0.219 e. The van der Waals surface area contributed by atoms with Crippen molar-refractivity contribution in [2.75, 3.05) is 31.1 Å². The van der Waals surface area contributed by atoms with Gasteiger partial charge in [0.2, 0.25) is 5.91 Å². The largest absolute Gasteiger partial charge is 0.352 e. The number of benzene rings is 2. The lowest BCUT2D eigenvalue weighted by molar-refractivity contribution is -0.129. The number of pyridine rings is 1. The van der Waals surface area contributed by atoms with Crippen LogP contribution in [0.25, 0.3) is 32.8 Å². The fourth-order valence-corrected chi connectivity index (χ4v) is 4.38. The van der Waals surface area contributed by atoms with E-state index < -0.39 is 0 Å². The molecule has 7 heteroatoms. The summed E-state index contributed by atoms with van der Waals surface area (Å²) in [5.74, 6) is 0.971. The van der Waals surface area contributed by atoms with Crippen LogP contribution in [0.5, 0.6) is 0 Å². The van der Waals surface area contributed by atoms with Crippen LogP contribution in [0.2, 0.25) is 5.02 Å². The first-order valence-electron chi connectivity index (χ1n) is 9.89. The molecule has 4 aromatic rings. The van der Waals surface area contributed by atoms with Crippen LogP contribution in [0.4, 0.5) is 5.82 Å². The Morgan fingerprint density at radius 2 is 1.83 bits per heavy atom. The number of fused-ring (bicyclic) bond motifs is 2. The lowest BCUT2D eigenvalue weighted by Crippen LogP contribution is -2.48. The lowest BCUT2D eigenvalue weighted by atomic mass is 9.98. The molecular formula is C23H20ClN5O. The second kappa shape index (κ2) is 7.54. The molecule has 30 heavy (non-hydrogen) atoms. The molecule has 0 radical (unpaired) electrons. The summed E-state index contributed by atoms with van der Waals surface area (Å²) in [4.78, 5) is 29.0. The van der Waals surface area contributed by atoms with E-state index >= 15 is 0 Å². The van der Waals surface area contributed by atoms with Crippen molar-refractivity contribution in [1.29, 1.82) is 0 Å². The zero-order valence-corrected chi connectivity index (χ0v) is 17.3.